The van der Waals surface area contributed by atoms with E-state index in [9.17, 15) is 22.4 Å². The van der Waals surface area contributed by atoms with Crippen LogP contribution in [0.25, 0.3) is 0 Å². The fourth-order valence-electron chi connectivity index (χ4n) is 2.28. The molecule has 2 rings (SSSR count). The Hall–Kier alpha value is -2.00. The van der Waals surface area contributed by atoms with E-state index in [0.29, 0.717) is 6.42 Å². The van der Waals surface area contributed by atoms with Gasteiger partial charge in [0.2, 0.25) is 10.0 Å². The molecular formula is C13H15FN2O5S. The molecule has 1 saturated heterocycles. The van der Waals surface area contributed by atoms with Crippen LogP contribution in [0.4, 0.5) is 4.39 Å². The molecule has 22 heavy (non-hydrogen) atoms. The number of carbonyl (C=O) groups excluding carboxylic acids is 1. The number of likely N-dealkylation sites (tertiary alicyclic amines) is 1. The van der Waals surface area contributed by atoms with E-state index in [4.69, 9.17) is 5.11 Å². The van der Waals surface area contributed by atoms with E-state index in [1.165, 1.54) is 11.0 Å². The summed E-state index contributed by atoms with van der Waals surface area (Å²) in [5.41, 5.74) is 0.00117. The number of amides is 1. The number of hydrogen-bond donors (Lipinski definition) is 2. The number of nitrogens with zero attached hydrogens (tertiary/aromatic N) is 1. The van der Waals surface area contributed by atoms with Crippen LogP contribution < -0.4 is 4.72 Å². The second-order valence-electron chi connectivity index (χ2n) is 4.93. The molecule has 0 bridgehead atoms. The number of nitrogens with one attached hydrogen (secondary N) is 1. The van der Waals surface area contributed by atoms with Gasteiger partial charge in [0.1, 0.15) is 10.7 Å². The first kappa shape index (κ1) is 16.4. The molecule has 0 aliphatic carbocycles. The van der Waals surface area contributed by atoms with Gasteiger partial charge in [0.05, 0.1) is 5.92 Å². The molecule has 2 N–H and O–H groups in total. The summed E-state index contributed by atoms with van der Waals surface area (Å²) in [5.74, 6) is -3.09. The molecule has 9 heteroatoms. The highest BCUT2D eigenvalue weighted by Gasteiger charge is 2.32. The van der Waals surface area contributed by atoms with Gasteiger partial charge in [0.15, 0.2) is 0 Å². The molecule has 1 fully saturated rings. The van der Waals surface area contributed by atoms with Crippen molar-refractivity contribution in [3.8, 4) is 0 Å². The van der Waals surface area contributed by atoms with Crippen LogP contribution in [-0.2, 0) is 14.8 Å². The van der Waals surface area contributed by atoms with Crippen molar-refractivity contribution in [2.75, 3.05) is 20.1 Å². The molecule has 1 atom stereocenters. The number of sulfonamides is 1. The van der Waals surface area contributed by atoms with Crippen LogP contribution in [0, 0.1) is 11.7 Å². The third-order valence-electron chi connectivity index (χ3n) is 3.56. The Morgan fingerprint density at radius 2 is 2.09 bits per heavy atom. The average molecular weight is 330 g/mol. The van der Waals surface area contributed by atoms with Crippen LogP contribution in [0.3, 0.4) is 0 Å². The van der Waals surface area contributed by atoms with E-state index in [1.54, 1.807) is 0 Å². The molecule has 0 aromatic heterocycles. The second-order valence-corrected chi connectivity index (χ2v) is 6.78. The zero-order chi connectivity index (χ0) is 16.5. The molecule has 7 nitrogen and oxygen atoms in total. The molecule has 1 unspecified atom stereocenters. The molecule has 1 aliphatic rings. The Morgan fingerprint density at radius 1 is 1.41 bits per heavy atom. The van der Waals surface area contributed by atoms with E-state index in [1.807, 2.05) is 4.72 Å². The van der Waals surface area contributed by atoms with E-state index < -0.39 is 38.5 Å². The van der Waals surface area contributed by atoms with Crippen molar-refractivity contribution in [1.82, 2.24) is 9.62 Å². The van der Waals surface area contributed by atoms with Gasteiger partial charge in [0, 0.05) is 18.7 Å². The maximum absolute atomic E-state index is 13.6. The highest BCUT2D eigenvalue weighted by Crippen LogP contribution is 2.21. The van der Waals surface area contributed by atoms with Gasteiger partial charge in [-0.05, 0) is 31.7 Å². The van der Waals surface area contributed by atoms with E-state index in [-0.39, 0.29) is 18.7 Å². The van der Waals surface area contributed by atoms with Gasteiger partial charge < -0.3 is 10.0 Å². The molecular weight excluding hydrogens is 315 g/mol. The second kappa shape index (κ2) is 6.01. The summed E-state index contributed by atoms with van der Waals surface area (Å²) in [6.07, 6.45) is 0.337. The number of carboxylic acids is 1. The van der Waals surface area contributed by atoms with Gasteiger partial charge in [-0.15, -0.1) is 0 Å². The molecule has 1 aromatic carbocycles. The zero-order valence-corrected chi connectivity index (χ0v) is 12.6. The number of aliphatic carboxylic acids is 1. The molecule has 0 saturated carbocycles. The van der Waals surface area contributed by atoms with Crippen molar-refractivity contribution >= 4 is 21.9 Å². The lowest BCUT2D eigenvalue weighted by Crippen LogP contribution is -2.30. The van der Waals surface area contributed by atoms with Crippen molar-refractivity contribution in [1.29, 1.82) is 0 Å². The van der Waals surface area contributed by atoms with Crippen molar-refractivity contribution in [2.24, 2.45) is 5.92 Å². The minimum absolute atomic E-state index is 0.00117. The summed E-state index contributed by atoms with van der Waals surface area (Å²) in [7, 11) is -2.88. The Kier molecular flexibility index (Phi) is 4.47. The van der Waals surface area contributed by atoms with E-state index in [0.717, 1.165) is 19.2 Å². The van der Waals surface area contributed by atoms with E-state index >= 15 is 0 Å². The molecule has 1 heterocycles. The van der Waals surface area contributed by atoms with Gasteiger partial charge >= 0.3 is 5.97 Å². The molecule has 0 radical (unpaired) electrons. The van der Waals surface area contributed by atoms with Gasteiger partial charge in [-0.2, -0.15) is 0 Å². The number of rotatable bonds is 4. The lowest BCUT2D eigenvalue weighted by molar-refractivity contribution is -0.141. The Labute approximate surface area is 126 Å². The summed E-state index contributed by atoms with van der Waals surface area (Å²) in [6.45, 7) is 0.320. The lowest BCUT2D eigenvalue weighted by Gasteiger charge is -2.16. The Balaban J connectivity index is 2.29. The zero-order valence-electron chi connectivity index (χ0n) is 11.7. The molecule has 1 aliphatic heterocycles. The van der Waals surface area contributed by atoms with Crippen molar-refractivity contribution in [3.05, 3.63) is 29.6 Å². The molecule has 120 valence electrons. The number of benzene rings is 1. The predicted molar refractivity (Wildman–Crippen MR) is 74.3 cm³/mol. The fraction of sp³-hybridized carbons (Fsp3) is 0.385. The maximum atomic E-state index is 13.6. The summed E-state index contributed by atoms with van der Waals surface area (Å²) < 4.78 is 39.0. The van der Waals surface area contributed by atoms with Crippen LogP contribution in [0.5, 0.6) is 0 Å². The predicted octanol–water partition coefficient (Wildman–Crippen LogP) is 0.281. The minimum atomic E-state index is -4.02. The van der Waals surface area contributed by atoms with E-state index in [2.05, 4.69) is 0 Å². The monoisotopic (exact) mass is 330 g/mol. The largest absolute Gasteiger partial charge is 0.481 e. The quantitative estimate of drug-likeness (QED) is 0.825. The molecule has 1 aromatic rings. The first-order valence-electron chi connectivity index (χ1n) is 6.51. The first-order valence-corrected chi connectivity index (χ1v) is 7.99. The third kappa shape index (κ3) is 3.09. The number of halogens is 1. The molecule has 0 spiro atoms. The van der Waals surface area contributed by atoms with Crippen LogP contribution in [0.15, 0.2) is 23.1 Å². The standard InChI is InChI=1S/C13H15FN2O5S/c1-15-22(20,21)11-6-8(2-3-10(11)14)12(17)16-5-4-9(7-16)13(18)19/h2-3,6,9,15H,4-5,7H2,1H3,(H,18,19). The van der Waals surface area contributed by atoms with Crippen molar-refractivity contribution in [2.45, 2.75) is 11.3 Å². The lowest BCUT2D eigenvalue weighted by atomic mass is 10.1. The summed E-state index contributed by atoms with van der Waals surface area (Å²) >= 11 is 0. The van der Waals surface area contributed by atoms with Crippen LogP contribution in [0.2, 0.25) is 0 Å². The number of carboxylic acid groups (broad SMARTS) is 1. The Bertz CT molecular complexity index is 719. The summed E-state index contributed by atoms with van der Waals surface area (Å²) in [4.78, 5) is 23.9. The minimum Gasteiger partial charge on any atom is -0.481 e. The van der Waals surface area contributed by atoms with Crippen LogP contribution in [-0.4, -0.2) is 50.4 Å². The van der Waals surface area contributed by atoms with Crippen molar-refractivity contribution < 1.29 is 27.5 Å². The van der Waals surface area contributed by atoms with Crippen LogP contribution in [0.1, 0.15) is 16.8 Å². The van der Waals surface area contributed by atoms with Gasteiger partial charge in [-0.25, -0.2) is 17.5 Å². The average Bonchev–Trinajstić information content (AvgIpc) is 2.97. The third-order valence-corrected chi connectivity index (χ3v) is 4.99. The van der Waals surface area contributed by atoms with Gasteiger partial charge in [-0.1, -0.05) is 0 Å². The van der Waals surface area contributed by atoms with Gasteiger partial charge in [-0.3, -0.25) is 9.59 Å². The summed E-state index contributed by atoms with van der Waals surface area (Å²) in [6, 6.07) is 3.04. The maximum Gasteiger partial charge on any atom is 0.308 e. The normalized spacial score (nSPS) is 18.5. The van der Waals surface area contributed by atoms with Crippen molar-refractivity contribution in [3.63, 3.8) is 0 Å². The summed E-state index contributed by atoms with van der Waals surface area (Å²) in [5, 5.41) is 8.93. The smallest absolute Gasteiger partial charge is 0.308 e. The molecule has 1 amide bonds. The number of carbonyl (C=O) groups is 2. The highest BCUT2D eigenvalue weighted by atomic mass is 32.2. The van der Waals surface area contributed by atoms with Crippen LogP contribution >= 0.6 is 0 Å². The SMILES string of the molecule is CNS(=O)(=O)c1cc(C(=O)N2CCC(C(=O)O)C2)ccc1F. The van der Waals surface area contributed by atoms with Gasteiger partial charge in [0.25, 0.3) is 5.91 Å². The fourth-order valence-corrected chi connectivity index (χ4v) is 3.11. The topological polar surface area (TPSA) is 104 Å². The highest BCUT2D eigenvalue weighted by molar-refractivity contribution is 7.89. The first-order chi connectivity index (χ1) is 10.3. The Morgan fingerprint density at radius 3 is 2.64 bits per heavy atom. The number of hydrogen-bond acceptors (Lipinski definition) is 4.